The lowest BCUT2D eigenvalue weighted by molar-refractivity contribution is -0.384. The number of carbonyl (C=O) groups excluding carboxylic acids is 2. The molecule has 0 aliphatic carbocycles. The van der Waals surface area contributed by atoms with Gasteiger partial charge in [0.25, 0.3) is 5.69 Å². The molecule has 0 spiro atoms. The first kappa shape index (κ1) is 19.3. The van der Waals surface area contributed by atoms with Gasteiger partial charge in [0.2, 0.25) is 5.91 Å². The van der Waals surface area contributed by atoms with Gasteiger partial charge >= 0.3 is 5.97 Å². The van der Waals surface area contributed by atoms with Crippen molar-refractivity contribution in [1.29, 1.82) is 0 Å². The molecule has 4 rings (SSSR count). The second-order valence-electron chi connectivity index (χ2n) is 6.71. The van der Waals surface area contributed by atoms with Crippen molar-refractivity contribution in [2.75, 3.05) is 11.5 Å². The van der Waals surface area contributed by atoms with Gasteiger partial charge in [-0.15, -0.1) is 0 Å². The highest BCUT2D eigenvalue weighted by molar-refractivity contribution is 6.01. The first-order valence-corrected chi connectivity index (χ1v) is 9.33. The number of ether oxygens (including phenoxy) is 1. The fourth-order valence-electron chi connectivity index (χ4n) is 3.58. The molecule has 0 atom stereocenters. The van der Waals surface area contributed by atoms with Crippen LogP contribution in [0.2, 0.25) is 0 Å². The van der Waals surface area contributed by atoms with Gasteiger partial charge in [-0.1, -0.05) is 18.2 Å². The lowest BCUT2D eigenvalue weighted by atomic mass is 9.97. The number of nitro groups is 1. The normalized spacial score (nSPS) is 12.1. The Morgan fingerprint density at radius 3 is 2.57 bits per heavy atom. The molecule has 3 aromatic rings. The summed E-state index contributed by atoms with van der Waals surface area (Å²) in [6, 6.07) is 13.4. The van der Waals surface area contributed by atoms with Crippen LogP contribution in [0, 0.1) is 10.1 Å². The third-order valence-electron chi connectivity index (χ3n) is 4.89. The molecular weight excluding hydrogens is 388 g/mol. The number of aromatic nitrogens is 2. The molecule has 30 heavy (non-hydrogen) atoms. The van der Waals surface area contributed by atoms with Crippen molar-refractivity contribution in [3.05, 3.63) is 69.9 Å². The maximum atomic E-state index is 12.6. The SMILES string of the molecule is CCOC(=O)c1nn(-c2ccccc2)c2c1CN(C(C)=O)c1ccc([N+](=O)[O-])cc1-2. The van der Waals surface area contributed by atoms with E-state index >= 15 is 0 Å². The molecule has 1 aliphatic heterocycles. The molecule has 152 valence electrons. The lowest BCUT2D eigenvalue weighted by Gasteiger charge is -2.29. The summed E-state index contributed by atoms with van der Waals surface area (Å²) in [6.45, 7) is 3.38. The van der Waals surface area contributed by atoms with Crippen LogP contribution in [-0.2, 0) is 16.1 Å². The van der Waals surface area contributed by atoms with Crippen molar-refractivity contribution in [2.45, 2.75) is 20.4 Å². The van der Waals surface area contributed by atoms with Gasteiger partial charge in [-0.3, -0.25) is 14.9 Å². The summed E-state index contributed by atoms with van der Waals surface area (Å²) in [5.74, 6) is -0.862. The zero-order valence-electron chi connectivity index (χ0n) is 16.4. The minimum Gasteiger partial charge on any atom is -0.461 e. The Morgan fingerprint density at radius 2 is 1.93 bits per heavy atom. The second kappa shape index (κ2) is 7.43. The molecule has 1 aromatic heterocycles. The third kappa shape index (κ3) is 3.10. The lowest BCUT2D eigenvalue weighted by Crippen LogP contribution is -2.31. The minimum atomic E-state index is -0.610. The standard InChI is InChI=1S/C21H18N4O5/c1-3-30-21(27)19-17-12-23(13(2)26)18-10-9-15(25(28)29)11-16(18)20(17)24(22-19)14-7-5-4-6-8-14/h4-11H,3,12H2,1-2H3. The zero-order valence-corrected chi connectivity index (χ0v) is 16.4. The van der Waals surface area contributed by atoms with Gasteiger partial charge in [-0.25, -0.2) is 9.48 Å². The van der Waals surface area contributed by atoms with Crippen LogP contribution in [0.4, 0.5) is 11.4 Å². The number of benzene rings is 2. The molecule has 1 aliphatic rings. The van der Waals surface area contributed by atoms with E-state index in [0.29, 0.717) is 28.2 Å². The average Bonchev–Trinajstić information content (AvgIpc) is 3.13. The zero-order chi connectivity index (χ0) is 21.4. The minimum absolute atomic E-state index is 0.0825. The summed E-state index contributed by atoms with van der Waals surface area (Å²) in [5, 5.41) is 15.9. The molecule has 9 nitrogen and oxygen atoms in total. The summed E-state index contributed by atoms with van der Waals surface area (Å²) in [7, 11) is 0. The van der Waals surface area contributed by atoms with Gasteiger partial charge in [0.05, 0.1) is 35.1 Å². The Bertz CT molecular complexity index is 1170. The monoisotopic (exact) mass is 406 g/mol. The van der Waals surface area contributed by atoms with Crippen molar-refractivity contribution in [2.24, 2.45) is 0 Å². The van der Waals surface area contributed by atoms with Crippen LogP contribution in [-0.4, -0.2) is 33.2 Å². The van der Waals surface area contributed by atoms with Crippen molar-refractivity contribution < 1.29 is 19.2 Å². The predicted octanol–water partition coefficient (Wildman–Crippen LogP) is 3.49. The largest absolute Gasteiger partial charge is 0.461 e. The van der Waals surface area contributed by atoms with Crippen LogP contribution in [0.25, 0.3) is 16.9 Å². The first-order chi connectivity index (χ1) is 14.4. The fourth-order valence-corrected chi connectivity index (χ4v) is 3.58. The van der Waals surface area contributed by atoms with Gasteiger partial charge in [0.15, 0.2) is 5.69 Å². The van der Waals surface area contributed by atoms with Crippen molar-refractivity contribution in [1.82, 2.24) is 9.78 Å². The summed E-state index contributed by atoms with van der Waals surface area (Å²) < 4.78 is 6.73. The highest BCUT2D eigenvalue weighted by Crippen LogP contribution is 2.43. The first-order valence-electron chi connectivity index (χ1n) is 9.33. The van der Waals surface area contributed by atoms with E-state index in [1.54, 1.807) is 17.7 Å². The van der Waals surface area contributed by atoms with Gasteiger partial charge in [-0.05, 0) is 25.1 Å². The molecule has 0 saturated carbocycles. The molecule has 0 unspecified atom stereocenters. The second-order valence-corrected chi connectivity index (χ2v) is 6.71. The van der Waals surface area contributed by atoms with Gasteiger partial charge in [0, 0.05) is 30.2 Å². The average molecular weight is 406 g/mol. The molecule has 2 aromatic carbocycles. The van der Waals surface area contributed by atoms with Crippen molar-refractivity contribution in [3.8, 4) is 16.9 Å². The van der Waals surface area contributed by atoms with Gasteiger partial charge in [0.1, 0.15) is 0 Å². The summed E-state index contributed by atoms with van der Waals surface area (Å²) in [4.78, 5) is 37.3. The van der Waals surface area contributed by atoms with E-state index in [-0.39, 0.29) is 30.4 Å². The third-order valence-corrected chi connectivity index (χ3v) is 4.89. The molecule has 0 fully saturated rings. The maximum absolute atomic E-state index is 12.6. The van der Waals surface area contributed by atoms with Crippen LogP contribution in [0.15, 0.2) is 48.5 Å². The number of esters is 1. The summed E-state index contributed by atoms with van der Waals surface area (Å²) in [5.41, 5.74) is 2.63. The summed E-state index contributed by atoms with van der Waals surface area (Å²) >= 11 is 0. The molecule has 0 N–H and O–H groups in total. The predicted molar refractivity (Wildman–Crippen MR) is 108 cm³/mol. The van der Waals surface area contributed by atoms with Gasteiger partial charge < -0.3 is 9.64 Å². The Morgan fingerprint density at radius 1 is 1.20 bits per heavy atom. The Balaban J connectivity index is 2.05. The number of non-ortho nitro benzene ring substituents is 1. The molecular formula is C21H18N4O5. The number of amides is 1. The number of anilines is 1. The number of hydrogen-bond donors (Lipinski definition) is 0. The number of para-hydroxylation sites is 1. The quantitative estimate of drug-likeness (QED) is 0.373. The van der Waals surface area contributed by atoms with Crippen molar-refractivity contribution >= 4 is 23.3 Å². The smallest absolute Gasteiger partial charge is 0.359 e. The number of nitro benzene ring substituents is 1. The van der Waals surface area contributed by atoms with E-state index in [0.717, 1.165) is 0 Å². The molecule has 0 bridgehead atoms. The van der Waals surface area contributed by atoms with E-state index in [2.05, 4.69) is 5.10 Å². The van der Waals surface area contributed by atoms with E-state index in [1.807, 2.05) is 30.3 Å². The van der Waals surface area contributed by atoms with E-state index in [1.165, 1.54) is 24.0 Å². The number of carbonyl (C=O) groups is 2. The number of hydrogen-bond acceptors (Lipinski definition) is 6. The van der Waals surface area contributed by atoms with Gasteiger partial charge in [-0.2, -0.15) is 5.10 Å². The van der Waals surface area contributed by atoms with E-state index in [9.17, 15) is 19.7 Å². The fraction of sp³-hybridized carbons (Fsp3) is 0.190. The van der Waals surface area contributed by atoms with Crippen LogP contribution >= 0.6 is 0 Å². The van der Waals surface area contributed by atoms with Crippen LogP contribution < -0.4 is 4.90 Å². The van der Waals surface area contributed by atoms with E-state index < -0.39 is 10.9 Å². The van der Waals surface area contributed by atoms with Crippen LogP contribution in [0.1, 0.15) is 29.9 Å². The molecule has 2 heterocycles. The molecule has 0 saturated heterocycles. The summed E-state index contributed by atoms with van der Waals surface area (Å²) in [6.07, 6.45) is 0. The highest BCUT2D eigenvalue weighted by atomic mass is 16.6. The van der Waals surface area contributed by atoms with Crippen LogP contribution in [0.3, 0.4) is 0 Å². The maximum Gasteiger partial charge on any atom is 0.359 e. The number of rotatable bonds is 4. The molecule has 0 radical (unpaired) electrons. The Kier molecular flexibility index (Phi) is 4.78. The van der Waals surface area contributed by atoms with Crippen molar-refractivity contribution in [3.63, 3.8) is 0 Å². The Hall–Kier alpha value is -4.01. The topological polar surface area (TPSA) is 108 Å². The number of fused-ring (bicyclic) bond motifs is 3. The highest BCUT2D eigenvalue weighted by Gasteiger charge is 2.35. The van der Waals surface area contributed by atoms with E-state index in [4.69, 9.17) is 4.74 Å². The molecule has 9 heteroatoms. The molecule has 1 amide bonds. The Labute approximate surface area is 171 Å². The number of nitrogens with zero attached hydrogens (tertiary/aromatic N) is 4. The van der Waals surface area contributed by atoms with Crippen LogP contribution in [0.5, 0.6) is 0 Å².